The van der Waals surface area contributed by atoms with Crippen molar-refractivity contribution < 1.29 is 27.0 Å². The van der Waals surface area contributed by atoms with Gasteiger partial charge in [0.2, 0.25) is 0 Å². The second-order valence-corrected chi connectivity index (χ2v) is 3.77. The molecule has 0 atom stereocenters. The molecular formula is C12H11F4NO2S. The summed E-state index contributed by atoms with van der Waals surface area (Å²) >= 11 is 4.17. The SMILES string of the molecule is C1COCCO1.Fc1ccc(C(F)(F)F)cc1N=C=S. The summed E-state index contributed by atoms with van der Waals surface area (Å²) in [5, 5.41) is 1.80. The van der Waals surface area contributed by atoms with Crippen LogP contribution >= 0.6 is 12.2 Å². The molecule has 0 aromatic heterocycles. The van der Waals surface area contributed by atoms with Gasteiger partial charge in [0.1, 0.15) is 11.5 Å². The van der Waals surface area contributed by atoms with E-state index in [1.54, 1.807) is 5.16 Å². The summed E-state index contributed by atoms with van der Waals surface area (Å²) in [7, 11) is 0. The highest BCUT2D eigenvalue weighted by Crippen LogP contribution is 2.32. The molecule has 8 heteroatoms. The van der Waals surface area contributed by atoms with E-state index in [-0.39, 0.29) is 0 Å². The second kappa shape index (κ2) is 8.06. The number of halogens is 4. The zero-order valence-corrected chi connectivity index (χ0v) is 11.1. The van der Waals surface area contributed by atoms with Crippen LogP contribution in [0, 0.1) is 5.82 Å². The monoisotopic (exact) mass is 309 g/mol. The van der Waals surface area contributed by atoms with E-state index in [0.717, 1.165) is 26.4 Å². The Hall–Kier alpha value is -1.34. The van der Waals surface area contributed by atoms with Gasteiger partial charge in [-0.05, 0) is 30.4 Å². The summed E-state index contributed by atoms with van der Waals surface area (Å²) in [5.41, 5.74) is -1.43. The first-order valence-electron chi connectivity index (χ1n) is 5.55. The van der Waals surface area contributed by atoms with E-state index in [4.69, 9.17) is 9.47 Å². The molecule has 1 aliphatic heterocycles. The molecule has 0 amide bonds. The Balaban J connectivity index is 0.000000276. The van der Waals surface area contributed by atoms with E-state index in [1.807, 2.05) is 0 Å². The van der Waals surface area contributed by atoms with Crippen LogP contribution in [-0.4, -0.2) is 31.6 Å². The summed E-state index contributed by atoms with van der Waals surface area (Å²) in [6.45, 7) is 3.11. The van der Waals surface area contributed by atoms with E-state index in [2.05, 4.69) is 17.2 Å². The molecule has 2 rings (SSSR count). The Kier molecular flexibility index (Phi) is 6.74. The lowest BCUT2D eigenvalue weighted by molar-refractivity contribution is -0.137. The van der Waals surface area contributed by atoms with Gasteiger partial charge in [0.25, 0.3) is 0 Å². The number of ether oxygens (including phenoxy) is 2. The number of nitrogens with zero attached hydrogens (tertiary/aromatic N) is 1. The zero-order valence-electron chi connectivity index (χ0n) is 10.2. The molecular weight excluding hydrogens is 298 g/mol. The summed E-state index contributed by atoms with van der Waals surface area (Å²) in [4.78, 5) is 3.17. The molecule has 0 spiro atoms. The lowest BCUT2D eigenvalue weighted by Gasteiger charge is -2.09. The fraction of sp³-hybridized carbons (Fsp3) is 0.417. The Morgan fingerprint density at radius 3 is 2.05 bits per heavy atom. The van der Waals surface area contributed by atoms with Crippen molar-refractivity contribution in [2.45, 2.75) is 6.18 Å². The fourth-order valence-electron chi connectivity index (χ4n) is 1.26. The molecule has 110 valence electrons. The summed E-state index contributed by atoms with van der Waals surface area (Å²) in [6.07, 6.45) is -4.51. The molecule has 0 aliphatic carbocycles. The van der Waals surface area contributed by atoms with Crippen molar-refractivity contribution in [1.29, 1.82) is 0 Å². The third-order valence-electron chi connectivity index (χ3n) is 2.18. The maximum Gasteiger partial charge on any atom is 0.416 e. The van der Waals surface area contributed by atoms with Crippen LogP contribution in [0.5, 0.6) is 0 Å². The smallest absolute Gasteiger partial charge is 0.377 e. The summed E-state index contributed by atoms with van der Waals surface area (Å²) in [5.74, 6) is -0.865. The minimum Gasteiger partial charge on any atom is -0.377 e. The highest BCUT2D eigenvalue weighted by Gasteiger charge is 2.31. The van der Waals surface area contributed by atoms with Gasteiger partial charge in [0.05, 0.1) is 37.2 Å². The average Bonchev–Trinajstić information content (AvgIpc) is 2.43. The van der Waals surface area contributed by atoms with Gasteiger partial charge in [0.15, 0.2) is 0 Å². The maximum atomic E-state index is 12.8. The molecule has 3 nitrogen and oxygen atoms in total. The number of rotatable bonds is 1. The first kappa shape index (κ1) is 16.7. The quantitative estimate of drug-likeness (QED) is 0.451. The number of hydrogen-bond donors (Lipinski definition) is 0. The highest BCUT2D eigenvalue weighted by molar-refractivity contribution is 7.78. The number of hydrogen-bond acceptors (Lipinski definition) is 4. The number of isothiocyanates is 1. The molecule has 0 radical (unpaired) electrons. The molecule has 0 bridgehead atoms. The van der Waals surface area contributed by atoms with E-state index < -0.39 is 23.2 Å². The molecule has 0 N–H and O–H groups in total. The minimum atomic E-state index is -4.51. The molecule has 1 heterocycles. The summed E-state index contributed by atoms with van der Waals surface area (Å²) < 4.78 is 59.1. The third-order valence-corrected chi connectivity index (χ3v) is 2.27. The van der Waals surface area contributed by atoms with Crippen molar-refractivity contribution in [3.05, 3.63) is 29.6 Å². The first-order valence-corrected chi connectivity index (χ1v) is 5.96. The largest absolute Gasteiger partial charge is 0.416 e. The van der Waals surface area contributed by atoms with Crippen LogP contribution < -0.4 is 0 Å². The number of thiocarbonyl (C=S) groups is 1. The van der Waals surface area contributed by atoms with Crippen molar-refractivity contribution >= 4 is 23.1 Å². The van der Waals surface area contributed by atoms with Gasteiger partial charge < -0.3 is 9.47 Å². The first-order chi connectivity index (χ1) is 9.45. The van der Waals surface area contributed by atoms with Crippen LogP contribution in [0.1, 0.15) is 5.56 Å². The predicted molar refractivity (Wildman–Crippen MR) is 67.7 cm³/mol. The van der Waals surface area contributed by atoms with Gasteiger partial charge in [0, 0.05) is 0 Å². The van der Waals surface area contributed by atoms with E-state index in [0.29, 0.717) is 18.2 Å². The van der Waals surface area contributed by atoms with Crippen LogP contribution in [-0.2, 0) is 15.7 Å². The zero-order chi connectivity index (χ0) is 15.0. The molecule has 1 aromatic rings. The fourth-order valence-corrected chi connectivity index (χ4v) is 1.36. The van der Waals surface area contributed by atoms with Gasteiger partial charge in [-0.25, -0.2) is 4.39 Å². The lowest BCUT2D eigenvalue weighted by atomic mass is 10.2. The predicted octanol–water partition coefficient (Wildman–Crippen LogP) is 3.61. The van der Waals surface area contributed by atoms with Crippen LogP contribution in [0.25, 0.3) is 0 Å². The van der Waals surface area contributed by atoms with Gasteiger partial charge in [-0.3, -0.25) is 0 Å². The topological polar surface area (TPSA) is 30.8 Å². The van der Waals surface area contributed by atoms with Crippen molar-refractivity contribution in [2.75, 3.05) is 26.4 Å². The van der Waals surface area contributed by atoms with Crippen LogP contribution in [0.15, 0.2) is 23.2 Å². The van der Waals surface area contributed by atoms with Crippen molar-refractivity contribution in [3.8, 4) is 0 Å². The molecule has 20 heavy (non-hydrogen) atoms. The third kappa shape index (κ3) is 5.75. The number of alkyl halides is 3. The molecule has 0 saturated carbocycles. The second-order valence-electron chi connectivity index (χ2n) is 3.59. The van der Waals surface area contributed by atoms with Gasteiger partial charge in [-0.15, -0.1) is 0 Å². The van der Waals surface area contributed by atoms with Gasteiger partial charge in [-0.1, -0.05) is 0 Å². The molecule has 1 aromatic carbocycles. The van der Waals surface area contributed by atoms with Crippen molar-refractivity contribution in [2.24, 2.45) is 4.99 Å². The molecule has 1 fully saturated rings. The minimum absolute atomic E-state index is 0.463. The Morgan fingerprint density at radius 2 is 1.65 bits per heavy atom. The lowest BCUT2D eigenvalue weighted by Crippen LogP contribution is -2.16. The molecule has 0 unspecified atom stereocenters. The maximum absolute atomic E-state index is 12.8. The van der Waals surface area contributed by atoms with Crippen molar-refractivity contribution in [3.63, 3.8) is 0 Å². The molecule has 1 aliphatic rings. The summed E-state index contributed by atoms with van der Waals surface area (Å²) in [6, 6.07) is 1.90. The number of aliphatic imine (C=N–C) groups is 1. The Morgan fingerprint density at radius 1 is 1.10 bits per heavy atom. The standard InChI is InChI=1S/C8H3F4NS.C4H8O2/c9-6-2-1-5(8(10,11)12)3-7(6)13-4-14;1-2-6-4-3-5-1/h1-3H;1-4H2. The Bertz CT molecular complexity index is 471. The highest BCUT2D eigenvalue weighted by atomic mass is 32.1. The van der Waals surface area contributed by atoms with E-state index in [9.17, 15) is 17.6 Å². The van der Waals surface area contributed by atoms with E-state index >= 15 is 0 Å². The van der Waals surface area contributed by atoms with E-state index in [1.165, 1.54) is 0 Å². The van der Waals surface area contributed by atoms with Crippen molar-refractivity contribution in [1.82, 2.24) is 0 Å². The van der Waals surface area contributed by atoms with Gasteiger partial charge in [-0.2, -0.15) is 18.2 Å². The van der Waals surface area contributed by atoms with Gasteiger partial charge >= 0.3 is 6.18 Å². The van der Waals surface area contributed by atoms with Crippen LogP contribution in [0.4, 0.5) is 23.2 Å². The number of benzene rings is 1. The average molecular weight is 309 g/mol. The van der Waals surface area contributed by atoms with Crippen LogP contribution in [0.2, 0.25) is 0 Å². The molecule has 1 saturated heterocycles. The Labute approximate surface area is 118 Å². The normalized spacial score (nSPS) is 14.8. The van der Waals surface area contributed by atoms with Crippen LogP contribution in [0.3, 0.4) is 0 Å².